The summed E-state index contributed by atoms with van der Waals surface area (Å²) in [6.45, 7) is 2.68. The molecule has 0 atom stereocenters. The molecule has 0 N–H and O–H groups in total. The van der Waals surface area contributed by atoms with Crippen LogP contribution in [0.3, 0.4) is 0 Å². The minimum absolute atomic E-state index is 0.574. The van der Waals surface area contributed by atoms with Gasteiger partial charge >= 0.3 is 0 Å². The first-order valence-corrected chi connectivity index (χ1v) is 4.64. The fraction of sp³-hybridized carbons (Fsp3) is 0.250. The summed E-state index contributed by atoms with van der Waals surface area (Å²) in [4.78, 5) is 4.31. The average Bonchev–Trinajstić information content (AvgIpc) is 2.20. The molecule has 0 saturated heterocycles. The van der Waals surface area contributed by atoms with Crippen molar-refractivity contribution in [2.24, 2.45) is 0 Å². The Morgan fingerprint density at radius 1 is 1.36 bits per heavy atom. The lowest BCUT2D eigenvalue weighted by molar-refractivity contribution is 0.181. The van der Waals surface area contributed by atoms with E-state index in [1.165, 1.54) is 16.3 Å². The zero-order valence-corrected chi connectivity index (χ0v) is 8.45. The summed E-state index contributed by atoms with van der Waals surface area (Å²) in [5.74, 6) is 0. The minimum Gasteiger partial charge on any atom is -0.378 e. The molecule has 0 saturated carbocycles. The largest absolute Gasteiger partial charge is 0.378 e. The number of ether oxygens (including phenoxy) is 1. The van der Waals surface area contributed by atoms with Gasteiger partial charge in [-0.15, -0.1) is 0 Å². The number of benzene rings is 1. The van der Waals surface area contributed by atoms with Crippen LogP contribution in [0.1, 0.15) is 11.3 Å². The monoisotopic (exact) mass is 187 g/mol. The molecule has 14 heavy (non-hydrogen) atoms. The molecule has 1 aromatic heterocycles. The van der Waals surface area contributed by atoms with Gasteiger partial charge in [-0.25, -0.2) is 0 Å². The first-order valence-electron chi connectivity index (χ1n) is 4.64. The van der Waals surface area contributed by atoms with Crippen LogP contribution in [0, 0.1) is 6.92 Å². The van der Waals surface area contributed by atoms with Gasteiger partial charge in [0.2, 0.25) is 0 Å². The van der Waals surface area contributed by atoms with E-state index >= 15 is 0 Å². The number of hydrogen-bond donors (Lipinski definition) is 0. The number of pyridine rings is 1. The van der Waals surface area contributed by atoms with Gasteiger partial charge in [0.05, 0.1) is 12.3 Å². The van der Waals surface area contributed by atoms with E-state index in [9.17, 15) is 0 Å². The third-order valence-corrected chi connectivity index (χ3v) is 2.33. The summed E-state index contributed by atoms with van der Waals surface area (Å²) in [7, 11) is 1.68. The molecule has 1 aromatic carbocycles. The summed E-state index contributed by atoms with van der Waals surface area (Å²) in [5, 5.41) is 2.44. The van der Waals surface area contributed by atoms with Gasteiger partial charge in [-0.3, -0.25) is 4.98 Å². The average molecular weight is 187 g/mol. The van der Waals surface area contributed by atoms with Crippen LogP contribution in [0.4, 0.5) is 0 Å². The Bertz CT molecular complexity index is 451. The molecule has 1 heterocycles. The summed E-state index contributed by atoms with van der Waals surface area (Å²) in [6.07, 6.45) is 1.90. The van der Waals surface area contributed by atoms with E-state index < -0.39 is 0 Å². The van der Waals surface area contributed by atoms with Crippen LogP contribution in [0.25, 0.3) is 10.8 Å². The van der Waals surface area contributed by atoms with Gasteiger partial charge in [0.25, 0.3) is 0 Å². The quantitative estimate of drug-likeness (QED) is 0.721. The van der Waals surface area contributed by atoms with Crippen molar-refractivity contribution in [3.63, 3.8) is 0 Å². The van der Waals surface area contributed by atoms with Crippen molar-refractivity contribution in [3.8, 4) is 0 Å². The molecule has 0 bridgehead atoms. The number of fused-ring (bicyclic) bond motifs is 1. The molecule has 0 radical (unpaired) electrons. The lowest BCUT2D eigenvalue weighted by atomic mass is 10.1. The van der Waals surface area contributed by atoms with Gasteiger partial charge < -0.3 is 4.74 Å². The Morgan fingerprint density at radius 3 is 3.00 bits per heavy atom. The number of aryl methyl sites for hydroxylation is 1. The van der Waals surface area contributed by atoms with Crippen molar-refractivity contribution in [1.82, 2.24) is 4.98 Å². The predicted molar refractivity (Wildman–Crippen MR) is 57.2 cm³/mol. The molecule has 2 rings (SSSR count). The minimum atomic E-state index is 0.574. The molecule has 0 fully saturated rings. The Kier molecular flexibility index (Phi) is 2.46. The van der Waals surface area contributed by atoms with Crippen LogP contribution >= 0.6 is 0 Å². The lowest BCUT2D eigenvalue weighted by Crippen LogP contribution is -1.92. The molecule has 0 amide bonds. The molecule has 2 nitrogen and oxygen atoms in total. The SMILES string of the molecule is COCc1cc2c(C)cccc2cn1. The number of methoxy groups -OCH3 is 1. The molecule has 0 spiro atoms. The van der Waals surface area contributed by atoms with Crippen LogP contribution in [-0.2, 0) is 11.3 Å². The summed E-state index contributed by atoms with van der Waals surface area (Å²) in [6, 6.07) is 8.33. The van der Waals surface area contributed by atoms with Crippen molar-refractivity contribution in [2.45, 2.75) is 13.5 Å². The summed E-state index contributed by atoms with van der Waals surface area (Å²) < 4.78 is 5.05. The Balaban J connectivity index is 2.58. The highest BCUT2D eigenvalue weighted by molar-refractivity contribution is 5.84. The fourth-order valence-electron chi connectivity index (χ4n) is 1.60. The smallest absolute Gasteiger partial charge is 0.0884 e. The standard InChI is InChI=1S/C12H13NO/c1-9-4-3-5-10-7-13-11(8-14-2)6-12(9)10/h3-7H,8H2,1-2H3. The number of hydrogen-bond acceptors (Lipinski definition) is 2. The van der Waals surface area contributed by atoms with Crippen molar-refractivity contribution in [1.29, 1.82) is 0 Å². The summed E-state index contributed by atoms with van der Waals surface area (Å²) in [5.41, 5.74) is 2.26. The maximum absolute atomic E-state index is 5.05. The highest BCUT2D eigenvalue weighted by Crippen LogP contribution is 2.18. The van der Waals surface area contributed by atoms with Gasteiger partial charge in [0.15, 0.2) is 0 Å². The maximum Gasteiger partial charge on any atom is 0.0884 e. The van der Waals surface area contributed by atoms with Crippen molar-refractivity contribution in [3.05, 3.63) is 41.7 Å². The fourth-order valence-corrected chi connectivity index (χ4v) is 1.60. The number of aromatic nitrogens is 1. The van der Waals surface area contributed by atoms with Crippen molar-refractivity contribution >= 4 is 10.8 Å². The first kappa shape index (κ1) is 9.16. The normalized spacial score (nSPS) is 10.7. The zero-order valence-electron chi connectivity index (χ0n) is 8.45. The number of rotatable bonds is 2. The highest BCUT2D eigenvalue weighted by Gasteiger charge is 1.99. The molecule has 0 aliphatic carbocycles. The second kappa shape index (κ2) is 3.76. The molecule has 0 aliphatic rings. The molecule has 0 unspecified atom stereocenters. The molecular formula is C12H13NO. The molecular weight excluding hydrogens is 174 g/mol. The first-order chi connectivity index (χ1) is 6.81. The second-order valence-electron chi connectivity index (χ2n) is 3.40. The molecule has 2 aromatic rings. The lowest BCUT2D eigenvalue weighted by Gasteiger charge is -2.04. The molecule has 2 heteroatoms. The topological polar surface area (TPSA) is 22.1 Å². The van der Waals surface area contributed by atoms with Gasteiger partial charge in [0.1, 0.15) is 0 Å². The van der Waals surface area contributed by atoms with Crippen molar-refractivity contribution in [2.75, 3.05) is 7.11 Å². The van der Waals surface area contributed by atoms with Crippen LogP contribution < -0.4 is 0 Å². The third-order valence-electron chi connectivity index (χ3n) is 2.33. The van der Waals surface area contributed by atoms with E-state index in [2.05, 4.69) is 36.2 Å². The van der Waals surface area contributed by atoms with E-state index in [4.69, 9.17) is 4.74 Å². The van der Waals surface area contributed by atoms with E-state index in [0.29, 0.717) is 6.61 Å². The Morgan fingerprint density at radius 2 is 2.21 bits per heavy atom. The molecule has 72 valence electrons. The third kappa shape index (κ3) is 1.61. The van der Waals surface area contributed by atoms with Crippen molar-refractivity contribution < 1.29 is 4.74 Å². The van der Waals surface area contributed by atoms with Crippen LogP contribution in [0.2, 0.25) is 0 Å². The highest BCUT2D eigenvalue weighted by atomic mass is 16.5. The predicted octanol–water partition coefficient (Wildman–Crippen LogP) is 2.69. The van der Waals surface area contributed by atoms with E-state index in [1.807, 2.05) is 6.20 Å². The van der Waals surface area contributed by atoms with Gasteiger partial charge in [0, 0.05) is 18.7 Å². The van der Waals surface area contributed by atoms with E-state index in [-0.39, 0.29) is 0 Å². The molecule has 0 aliphatic heterocycles. The van der Waals surface area contributed by atoms with Gasteiger partial charge in [-0.2, -0.15) is 0 Å². The number of nitrogens with zero attached hydrogens (tertiary/aromatic N) is 1. The second-order valence-corrected chi connectivity index (χ2v) is 3.40. The summed E-state index contributed by atoms with van der Waals surface area (Å²) >= 11 is 0. The van der Waals surface area contributed by atoms with E-state index in [0.717, 1.165) is 5.69 Å². The van der Waals surface area contributed by atoms with Gasteiger partial charge in [-0.05, 0) is 23.9 Å². The van der Waals surface area contributed by atoms with Crippen LogP contribution in [0.15, 0.2) is 30.5 Å². The Labute approximate surface area is 83.5 Å². The van der Waals surface area contributed by atoms with Gasteiger partial charge in [-0.1, -0.05) is 18.2 Å². The maximum atomic E-state index is 5.05. The van der Waals surface area contributed by atoms with Crippen LogP contribution in [0.5, 0.6) is 0 Å². The zero-order chi connectivity index (χ0) is 9.97. The van der Waals surface area contributed by atoms with E-state index in [1.54, 1.807) is 7.11 Å². The Hall–Kier alpha value is -1.41. The van der Waals surface area contributed by atoms with Crippen LogP contribution in [-0.4, -0.2) is 12.1 Å².